The van der Waals surface area contributed by atoms with Gasteiger partial charge in [0.2, 0.25) is 5.91 Å². The van der Waals surface area contributed by atoms with E-state index in [4.69, 9.17) is 4.74 Å². The third kappa shape index (κ3) is 4.78. The fourth-order valence-corrected chi connectivity index (χ4v) is 3.12. The number of carbonyl (C=O) groups excluding carboxylic acids is 2. The fraction of sp³-hybridized carbons (Fsp3) is 0.556. The average Bonchev–Trinajstić information content (AvgIpc) is 3.07. The lowest BCUT2D eigenvalue weighted by molar-refractivity contribution is -0.147. The van der Waals surface area contributed by atoms with E-state index in [-0.39, 0.29) is 36.1 Å². The van der Waals surface area contributed by atoms with Crippen LogP contribution in [-0.4, -0.2) is 36.5 Å². The first-order valence-corrected chi connectivity index (χ1v) is 8.13. The van der Waals surface area contributed by atoms with Crippen molar-refractivity contribution in [2.75, 3.05) is 13.7 Å². The summed E-state index contributed by atoms with van der Waals surface area (Å²) in [5.41, 5.74) is 0.783. The summed E-state index contributed by atoms with van der Waals surface area (Å²) < 4.78 is 17.7. The molecule has 1 aliphatic carbocycles. The van der Waals surface area contributed by atoms with E-state index < -0.39 is 0 Å². The van der Waals surface area contributed by atoms with Crippen LogP contribution < -0.4 is 0 Å². The lowest BCUT2D eigenvalue weighted by Crippen LogP contribution is -2.43. The molecule has 2 rings (SSSR count). The van der Waals surface area contributed by atoms with Gasteiger partial charge in [0.1, 0.15) is 5.82 Å². The number of ether oxygens (including phenoxy) is 1. The number of benzene rings is 1. The van der Waals surface area contributed by atoms with Gasteiger partial charge in [-0.25, -0.2) is 4.39 Å². The molecule has 23 heavy (non-hydrogen) atoms. The van der Waals surface area contributed by atoms with Crippen LogP contribution in [0.2, 0.25) is 0 Å². The average molecular weight is 321 g/mol. The Morgan fingerprint density at radius 3 is 2.43 bits per heavy atom. The minimum absolute atomic E-state index is 0.0146. The first-order valence-electron chi connectivity index (χ1n) is 8.13. The van der Waals surface area contributed by atoms with E-state index in [1.807, 2.05) is 4.90 Å². The number of hydrogen-bond donors (Lipinski definition) is 0. The smallest absolute Gasteiger partial charge is 0.310 e. The lowest BCUT2D eigenvalue weighted by Gasteiger charge is -2.31. The largest absolute Gasteiger partial charge is 0.469 e. The number of amides is 1. The number of rotatable bonds is 6. The third-order valence-corrected chi connectivity index (χ3v) is 4.43. The van der Waals surface area contributed by atoms with Gasteiger partial charge in [-0.3, -0.25) is 9.59 Å². The molecule has 1 saturated carbocycles. The lowest BCUT2D eigenvalue weighted by atomic mass is 10.1. The summed E-state index contributed by atoms with van der Waals surface area (Å²) in [7, 11) is 1.36. The van der Waals surface area contributed by atoms with Crippen molar-refractivity contribution in [3.8, 4) is 0 Å². The molecule has 1 unspecified atom stereocenters. The highest BCUT2D eigenvalue weighted by atomic mass is 19.1. The predicted molar refractivity (Wildman–Crippen MR) is 85.3 cm³/mol. The van der Waals surface area contributed by atoms with Crippen LogP contribution in [-0.2, 0) is 20.7 Å². The molecule has 5 heteroatoms. The number of halogens is 1. The molecular formula is C18H24FNO3. The van der Waals surface area contributed by atoms with E-state index in [0.717, 1.165) is 31.2 Å². The maximum Gasteiger partial charge on any atom is 0.310 e. The Hall–Kier alpha value is -1.91. The Morgan fingerprint density at radius 2 is 1.87 bits per heavy atom. The monoisotopic (exact) mass is 321 g/mol. The minimum atomic E-state index is -0.349. The fourth-order valence-electron chi connectivity index (χ4n) is 3.12. The van der Waals surface area contributed by atoms with E-state index >= 15 is 0 Å². The van der Waals surface area contributed by atoms with Crippen molar-refractivity contribution < 1.29 is 18.7 Å². The zero-order valence-corrected chi connectivity index (χ0v) is 13.8. The minimum Gasteiger partial charge on any atom is -0.469 e. The van der Waals surface area contributed by atoms with Crippen LogP contribution >= 0.6 is 0 Å². The molecule has 1 aromatic rings. The Morgan fingerprint density at radius 1 is 1.26 bits per heavy atom. The molecule has 1 aromatic carbocycles. The highest BCUT2D eigenvalue weighted by Crippen LogP contribution is 2.25. The number of esters is 1. The SMILES string of the molecule is COC(=O)C(C)CN(C(=O)Cc1ccc(F)cc1)C1CCCC1. The molecule has 1 aliphatic rings. The molecule has 0 bridgehead atoms. The van der Waals surface area contributed by atoms with Gasteiger partial charge in [0.05, 0.1) is 19.4 Å². The summed E-state index contributed by atoms with van der Waals surface area (Å²) in [4.78, 5) is 26.2. The van der Waals surface area contributed by atoms with E-state index in [1.165, 1.54) is 19.2 Å². The van der Waals surface area contributed by atoms with Gasteiger partial charge in [-0.05, 0) is 30.5 Å². The van der Waals surface area contributed by atoms with Crippen molar-refractivity contribution in [2.24, 2.45) is 5.92 Å². The molecule has 1 atom stereocenters. The normalized spacial score (nSPS) is 16.1. The van der Waals surface area contributed by atoms with Crippen molar-refractivity contribution in [3.63, 3.8) is 0 Å². The van der Waals surface area contributed by atoms with Gasteiger partial charge in [-0.2, -0.15) is 0 Å². The van der Waals surface area contributed by atoms with Crippen LogP contribution in [0.15, 0.2) is 24.3 Å². The van der Waals surface area contributed by atoms with Gasteiger partial charge >= 0.3 is 5.97 Å². The molecule has 0 heterocycles. The molecule has 1 fully saturated rings. The van der Waals surface area contributed by atoms with Crippen LogP contribution in [0.4, 0.5) is 4.39 Å². The summed E-state index contributed by atoms with van der Waals surface area (Å²) in [6.07, 6.45) is 4.39. The Kier molecular flexibility index (Phi) is 6.13. The van der Waals surface area contributed by atoms with E-state index in [2.05, 4.69) is 0 Å². The standard InChI is InChI=1S/C18H24FNO3/c1-13(18(22)23-2)12-20(16-5-3-4-6-16)17(21)11-14-7-9-15(19)10-8-14/h7-10,13,16H,3-6,11-12H2,1-2H3. The Bertz CT molecular complexity index is 538. The summed E-state index contributed by atoms with van der Waals surface area (Å²) in [6, 6.07) is 6.17. The first-order chi connectivity index (χ1) is 11.0. The second-order valence-corrected chi connectivity index (χ2v) is 6.21. The molecule has 126 valence electrons. The zero-order chi connectivity index (χ0) is 16.8. The van der Waals surface area contributed by atoms with E-state index in [9.17, 15) is 14.0 Å². The van der Waals surface area contributed by atoms with Gasteiger partial charge < -0.3 is 9.64 Å². The summed E-state index contributed by atoms with van der Waals surface area (Å²) in [5.74, 6) is -0.979. The second kappa shape index (κ2) is 8.09. The van der Waals surface area contributed by atoms with E-state index in [1.54, 1.807) is 19.1 Å². The van der Waals surface area contributed by atoms with Crippen LogP contribution in [0.1, 0.15) is 38.2 Å². The molecule has 4 nitrogen and oxygen atoms in total. The van der Waals surface area contributed by atoms with Crippen LogP contribution in [0.25, 0.3) is 0 Å². The highest BCUT2D eigenvalue weighted by molar-refractivity contribution is 5.80. The summed E-state index contributed by atoms with van der Waals surface area (Å²) >= 11 is 0. The molecule has 0 N–H and O–H groups in total. The van der Waals surface area contributed by atoms with Crippen molar-refractivity contribution in [1.82, 2.24) is 4.90 Å². The molecule has 0 spiro atoms. The molecule has 0 saturated heterocycles. The predicted octanol–water partition coefficient (Wildman–Crippen LogP) is 2.95. The zero-order valence-electron chi connectivity index (χ0n) is 13.8. The summed E-state index contributed by atoms with van der Waals surface area (Å²) in [5, 5.41) is 0. The molecule has 1 amide bonds. The van der Waals surface area contributed by atoms with Gasteiger partial charge in [0.25, 0.3) is 0 Å². The first kappa shape index (κ1) is 17.4. The van der Waals surface area contributed by atoms with Gasteiger partial charge in [0.15, 0.2) is 0 Å². The van der Waals surface area contributed by atoms with Crippen molar-refractivity contribution in [2.45, 2.75) is 45.1 Å². The number of nitrogens with zero attached hydrogens (tertiary/aromatic N) is 1. The topological polar surface area (TPSA) is 46.6 Å². The van der Waals surface area contributed by atoms with Gasteiger partial charge in [-0.15, -0.1) is 0 Å². The quantitative estimate of drug-likeness (QED) is 0.757. The number of carbonyl (C=O) groups is 2. The Labute approximate surface area is 136 Å². The van der Waals surface area contributed by atoms with Crippen molar-refractivity contribution in [3.05, 3.63) is 35.6 Å². The number of methoxy groups -OCH3 is 1. The Balaban J connectivity index is 2.07. The summed E-state index contributed by atoms with van der Waals surface area (Å²) in [6.45, 7) is 2.15. The van der Waals surface area contributed by atoms with Crippen LogP contribution in [0, 0.1) is 11.7 Å². The maximum absolute atomic E-state index is 13.0. The molecule has 0 aromatic heterocycles. The maximum atomic E-state index is 13.0. The van der Waals surface area contributed by atoms with Gasteiger partial charge in [-0.1, -0.05) is 31.9 Å². The van der Waals surface area contributed by atoms with Crippen molar-refractivity contribution in [1.29, 1.82) is 0 Å². The third-order valence-electron chi connectivity index (χ3n) is 4.43. The van der Waals surface area contributed by atoms with Gasteiger partial charge in [0, 0.05) is 12.6 Å². The molecule has 0 aliphatic heterocycles. The molecular weight excluding hydrogens is 297 g/mol. The van der Waals surface area contributed by atoms with E-state index in [0.29, 0.717) is 6.54 Å². The molecule has 0 radical (unpaired) electrons. The second-order valence-electron chi connectivity index (χ2n) is 6.21. The van der Waals surface area contributed by atoms with Crippen LogP contribution in [0.3, 0.4) is 0 Å². The number of hydrogen-bond acceptors (Lipinski definition) is 3. The van der Waals surface area contributed by atoms with Crippen molar-refractivity contribution >= 4 is 11.9 Å². The van der Waals surface area contributed by atoms with Crippen LogP contribution in [0.5, 0.6) is 0 Å². The highest BCUT2D eigenvalue weighted by Gasteiger charge is 2.29.